The van der Waals surface area contributed by atoms with Crippen LogP contribution in [0.4, 0.5) is 5.13 Å². The minimum atomic E-state index is -0.498. The summed E-state index contributed by atoms with van der Waals surface area (Å²) in [6.45, 7) is 2.30. The maximum absolute atomic E-state index is 13.2. The molecular weight excluding hydrogens is 424 g/mol. The number of aryl methyl sites for hydroxylation is 1. The minimum Gasteiger partial charge on any atom is -0.306 e. The van der Waals surface area contributed by atoms with Crippen molar-refractivity contribution in [1.82, 2.24) is 18.9 Å². The van der Waals surface area contributed by atoms with Crippen molar-refractivity contribution >= 4 is 39.1 Å². The van der Waals surface area contributed by atoms with E-state index in [9.17, 15) is 9.59 Å². The molecule has 0 saturated heterocycles. The van der Waals surface area contributed by atoms with Crippen LogP contribution in [-0.2, 0) is 6.54 Å². The molecule has 0 unspecified atom stereocenters. The van der Waals surface area contributed by atoms with E-state index in [1.807, 2.05) is 31.2 Å². The van der Waals surface area contributed by atoms with E-state index in [0.717, 1.165) is 11.1 Å². The van der Waals surface area contributed by atoms with Gasteiger partial charge in [0.15, 0.2) is 5.13 Å². The molecule has 0 aliphatic carbocycles. The first-order valence-corrected chi connectivity index (χ1v) is 10.7. The lowest BCUT2D eigenvalue weighted by Crippen LogP contribution is -2.32. The second-order valence-corrected chi connectivity index (χ2v) is 8.25. The Bertz CT molecular complexity index is 1580. The summed E-state index contributed by atoms with van der Waals surface area (Å²) in [6.07, 6.45) is 3.22. The molecule has 5 rings (SSSR count). The fourth-order valence-electron chi connectivity index (χ4n) is 3.54. The number of fused-ring (bicyclic) bond motifs is 2. The van der Waals surface area contributed by atoms with E-state index in [1.54, 1.807) is 40.5 Å². The van der Waals surface area contributed by atoms with Crippen LogP contribution in [0.1, 0.15) is 21.5 Å². The van der Waals surface area contributed by atoms with Gasteiger partial charge in [0.05, 0.1) is 17.5 Å². The smallest absolute Gasteiger partial charge is 0.267 e. The molecule has 32 heavy (non-hydrogen) atoms. The summed E-state index contributed by atoms with van der Waals surface area (Å²) in [5.74, 6) is -0.498. The van der Waals surface area contributed by atoms with Crippen LogP contribution in [0.15, 0.2) is 71.1 Å². The van der Waals surface area contributed by atoms with Gasteiger partial charge in [0, 0.05) is 17.8 Å². The maximum Gasteiger partial charge on any atom is 0.267 e. The van der Waals surface area contributed by atoms with Crippen LogP contribution < -0.4 is 16.4 Å². The third-order valence-corrected chi connectivity index (χ3v) is 5.87. The van der Waals surface area contributed by atoms with Crippen LogP contribution in [0.25, 0.3) is 16.7 Å². The summed E-state index contributed by atoms with van der Waals surface area (Å²) in [7, 11) is 0. The number of pyridine rings is 2. The predicted octanol–water partition coefficient (Wildman–Crippen LogP) is 3.19. The monoisotopic (exact) mass is 442 g/mol. The third kappa shape index (κ3) is 3.48. The first-order valence-electron chi connectivity index (χ1n) is 9.87. The molecule has 1 aromatic carbocycles. The number of rotatable bonds is 4. The molecule has 4 heterocycles. The van der Waals surface area contributed by atoms with Crippen LogP contribution in [0.3, 0.4) is 0 Å². The van der Waals surface area contributed by atoms with Gasteiger partial charge in [0.1, 0.15) is 16.8 Å². The molecule has 1 amide bonds. The second-order valence-electron chi connectivity index (χ2n) is 7.35. The van der Waals surface area contributed by atoms with E-state index < -0.39 is 5.91 Å². The normalized spacial score (nSPS) is 11.2. The summed E-state index contributed by atoms with van der Waals surface area (Å²) >= 11 is 1.28. The molecular formula is C23H18N6O2S. The summed E-state index contributed by atoms with van der Waals surface area (Å²) in [4.78, 5) is 35.0. The molecule has 158 valence electrons. The van der Waals surface area contributed by atoms with E-state index in [-0.39, 0.29) is 22.0 Å². The highest BCUT2D eigenvalue weighted by molar-refractivity contribution is 7.13. The van der Waals surface area contributed by atoms with Gasteiger partial charge in [-0.1, -0.05) is 35.9 Å². The summed E-state index contributed by atoms with van der Waals surface area (Å²) < 4.78 is 3.04. The molecule has 0 spiro atoms. The number of hydrogen-bond acceptors (Lipinski definition) is 6. The second kappa shape index (κ2) is 7.86. The molecule has 0 fully saturated rings. The van der Waals surface area contributed by atoms with Gasteiger partial charge in [-0.3, -0.25) is 24.7 Å². The molecule has 0 saturated carbocycles. The zero-order valence-electron chi connectivity index (χ0n) is 17.1. The highest BCUT2D eigenvalue weighted by Crippen LogP contribution is 2.15. The Kier molecular flexibility index (Phi) is 4.87. The van der Waals surface area contributed by atoms with Gasteiger partial charge in [-0.25, -0.2) is 9.97 Å². The molecule has 2 N–H and O–H groups in total. The molecule has 0 bridgehead atoms. The van der Waals surface area contributed by atoms with Crippen molar-refractivity contribution in [2.24, 2.45) is 0 Å². The van der Waals surface area contributed by atoms with E-state index in [0.29, 0.717) is 23.0 Å². The standard InChI is InChI=1S/C23H18N6O2S/c1-14-5-7-15(8-6-14)13-29-19(24)16(21(30)27-23-25-9-11-32-23)12-17-20(29)26-18-4-2-3-10-28(18)22(17)31/h2-12,24H,13H2,1H3,(H,25,27,30). The molecule has 5 aromatic rings. The number of aromatic nitrogens is 4. The van der Waals surface area contributed by atoms with Gasteiger partial charge in [-0.05, 0) is 30.7 Å². The Morgan fingerprint density at radius 3 is 2.75 bits per heavy atom. The highest BCUT2D eigenvalue weighted by atomic mass is 32.1. The fraction of sp³-hybridized carbons (Fsp3) is 0.0870. The van der Waals surface area contributed by atoms with Crippen LogP contribution in [0.2, 0.25) is 0 Å². The number of hydrogen-bond donors (Lipinski definition) is 2. The number of amides is 1. The summed E-state index contributed by atoms with van der Waals surface area (Å²) in [5.41, 5.74) is 2.64. The molecule has 4 aromatic heterocycles. The van der Waals surface area contributed by atoms with Crippen molar-refractivity contribution in [1.29, 1.82) is 5.41 Å². The quantitative estimate of drug-likeness (QED) is 0.417. The number of carbonyl (C=O) groups excluding carboxylic acids is 1. The Morgan fingerprint density at radius 1 is 1.19 bits per heavy atom. The molecule has 9 heteroatoms. The number of carbonyl (C=O) groups is 1. The Hall–Kier alpha value is -4.11. The number of nitrogens with zero attached hydrogens (tertiary/aromatic N) is 4. The Labute approximate surface area is 186 Å². The first kappa shape index (κ1) is 19.8. The third-order valence-electron chi connectivity index (χ3n) is 5.18. The number of thiazole rings is 1. The van der Waals surface area contributed by atoms with Crippen molar-refractivity contribution in [3.8, 4) is 0 Å². The minimum absolute atomic E-state index is 0.0284. The van der Waals surface area contributed by atoms with Crippen LogP contribution in [0, 0.1) is 12.3 Å². The summed E-state index contributed by atoms with van der Waals surface area (Å²) in [6, 6.07) is 14.6. The van der Waals surface area contributed by atoms with Gasteiger partial charge >= 0.3 is 0 Å². The topological polar surface area (TPSA) is 105 Å². The Balaban J connectivity index is 1.76. The predicted molar refractivity (Wildman–Crippen MR) is 123 cm³/mol. The van der Waals surface area contributed by atoms with Crippen molar-refractivity contribution < 1.29 is 4.79 Å². The van der Waals surface area contributed by atoms with Gasteiger partial charge in [0.25, 0.3) is 11.5 Å². The SMILES string of the molecule is Cc1ccc(Cn2c(=N)c(C(=O)Nc3nccs3)cc3c(=O)n4ccccc4nc32)cc1. The van der Waals surface area contributed by atoms with Gasteiger partial charge < -0.3 is 4.57 Å². The van der Waals surface area contributed by atoms with Crippen molar-refractivity contribution in [2.75, 3.05) is 5.32 Å². The molecule has 0 aliphatic heterocycles. The molecule has 0 atom stereocenters. The van der Waals surface area contributed by atoms with Gasteiger partial charge in [0.2, 0.25) is 0 Å². The highest BCUT2D eigenvalue weighted by Gasteiger charge is 2.18. The molecule has 8 nitrogen and oxygen atoms in total. The van der Waals surface area contributed by atoms with E-state index in [4.69, 9.17) is 5.41 Å². The Morgan fingerprint density at radius 2 is 2.00 bits per heavy atom. The first-order chi connectivity index (χ1) is 15.5. The lowest BCUT2D eigenvalue weighted by molar-refractivity contribution is 0.102. The largest absolute Gasteiger partial charge is 0.306 e. The maximum atomic E-state index is 13.2. The average molecular weight is 443 g/mol. The van der Waals surface area contributed by atoms with E-state index in [1.165, 1.54) is 21.8 Å². The van der Waals surface area contributed by atoms with Gasteiger partial charge in [-0.15, -0.1) is 11.3 Å². The zero-order valence-corrected chi connectivity index (χ0v) is 17.9. The number of anilines is 1. The van der Waals surface area contributed by atoms with Gasteiger partial charge in [-0.2, -0.15) is 0 Å². The molecule has 0 aliphatic rings. The van der Waals surface area contributed by atoms with Crippen molar-refractivity contribution in [2.45, 2.75) is 13.5 Å². The van der Waals surface area contributed by atoms with Crippen LogP contribution >= 0.6 is 11.3 Å². The summed E-state index contributed by atoms with van der Waals surface area (Å²) in [5, 5.41) is 13.9. The van der Waals surface area contributed by atoms with Crippen molar-refractivity contribution in [3.63, 3.8) is 0 Å². The number of nitrogens with one attached hydrogen (secondary N) is 2. The van der Waals surface area contributed by atoms with E-state index >= 15 is 0 Å². The van der Waals surface area contributed by atoms with Crippen molar-refractivity contribution in [3.05, 3.63) is 98.8 Å². The van der Waals surface area contributed by atoms with E-state index in [2.05, 4.69) is 15.3 Å². The fourth-order valence-corrected chi connectivity index (χ4v) is 4.06. The lowest BCUT2D eigenvalue weighted by atomic mass is 10.1. The van der Waals surface area contributed by atoms with Crippen LogP contribution in [-0.4, -0.2) is 24.8 Å². The lowest BCUT2D eigenvalue weighted by Gasteiger charge is -2.15. The zero-order chi connectivity index (χ0) is 22.2. The number of benzene rings is 1. The average Bonchev–Trinajstić information content (AvgIpc) is 3.30. The molecule has 0 radical (unpaired) electrons. The van der Waals surface area contributed by atoms with Crippen LogP contribution in [0.5, 0.6) is 0 Å².